The van der Waals surface area contributed by atoms with E-state index in [-0.39, 0.29) is 17.3 Å². The molecule has 2 aliphatic rings. The Bertz CT molecular complexity index is 482. The number of piperazine rings is 1. The van der Waals surface area contributed by atoms with Gasteiger partial charge in [0.2, 0.25) is 5.91 Å². The molecule has 0 spiro atoms. The van der Waals surface area contributed by atoms with Crippen LogP contribution in [0, 0.1) is 0 Å². The highest BCUT2D eigenvalue weighted by Gasteiger charge is 2.48. The smallest absolute Gasteiger partial charge is 0.327 e. The first-order chi connectivity index (χ1) is 9.67. The number of thioether (sulfide) groups is 1. The summed E-state index contributed by atoms with van der Waals surface area (Å²) in [5.74, 6) is -0.753. The maximum atomic E-state index is 12.8. The van der Waals surface area contributed by atoms with E-state index in [1.165, 1.54) is 21.6 Å². The number of carbonyl (C=O) groups excluding carboxylic acids is 2. The molecule has 2 fully saturated rings. The minimum Gasteiger partial charge on any atom is -0.480 e. The predicted molar refractivity (Wildman–Crippen MR) is 79.0 cm³/mol. The van der Waals surface area contributed by atoms with Gasteiger partial charge in [-0.25, -0.2) is 9.59 Å². The molecule has 2 saturated heterocycles. The fraction of sp³-hybridized carbons (Fsp3) is 0.769. The summed E-state index contributed by atoms with van der Waals surface area (Å²) in [5, 5.41) is 9.07. The van der Waals surface area contributed by atoms with Crippen molar-refractivity contribution >= 4 is 29.7 Å². The summed E-state index contributed by atoms with van der Waals surface area (Å²) in [6.07, 6.45) is 0. The maximum absolute atomic E-state index is 12.8. The highest BCUT2D eigenvalue weighted by atomic mass is 32.2. The molecular weight excluding hydrogens is 294 g/mol. The second-order valence-electron chi connectivity index (χ2n) is 5.91. The Morgan fingerprint density at radius 3 is 2.52 bits per heavy atom. The zero-order chi connectivity index (χ0) is 15.9. The SMILES string of the molecule is CC1SCC(C(=O)O)N1C(=O)N1CCN(C)C(=O)C1(C)C. The molecule has 2 heterocycles. The third kappa shape index (κ3) is 2.56. The van der Waals surface area contributed by atoms with E-state index in [9.17, 15) is 19.5 Å². The molecule has 0 aromatic heterocycles. The Kier molecular flexibility index (Phi) is 4.10. The van der Waals surface area contributed by atoms with E-state index in [0.717, 1.165) is 0 Å². The van der Waals surface area contributed by atoms with Gasteiger partial charge in [-0.15, -0.1) is 11.8 Å². The second-order valence-corrected chi connectivity index (χ2v) is 7.26. The second kappa shape index (κ2) is 5.40. The van der Waals surface area contributed by atoms with Crippen molar-refractivity contribution in [2.45, 2.75) is 37.7 Å². The summed E-state index contributed by atoms with van der Waals surface area (Å²) >= 11 is 1.44. The van der Waals surface area contributed by atoms with E-state index in [4.69, 9.17) is 0 Å². The Morgan fingerprint density at radius 2 is 1.95 bits per heavy atom. The van der Waals surface area contributed by atoms with Crippen molar-refractivity contribution in [2.24, 2.45) is 0 Å². The van der Waals surface area contributed by atoms with Crippen LogP contribution in [0.5, 0.6) is 0 Å². The lowest BCUT2D eigenvalue weighted by atomic mass is 9.98. The maximum Gasteiger partial charge on any atom is 0.327 e. The van der Waals surface area contributed by atoms with Gasteiger partial charge >= 0.3 is 12.0 Å². The lowest BCUT2D eigenvalue weighted by Gasteiger charge is -2.46. The van der Waals surface area contributed by atoms with Gasteiger partial charge in [-0.2, -0.15) is 0 Å². The highest BCUT2D eigenvalue weighted by Crippen LogP contribution is 2.32. The molecule has 0 saturated carbocycles. The lowest BCUT2D eigenvalue weighted by molar-refractivity contribution is -0.145. The first-order valence-electron chi connectivity index (χ1n) is 6.88. The molecule has 7 nitrogen and oxygen atoms in total. The predicted octanol–water partition coefficient (Wildman–Crippen LogP) is 0.507. The zero-order valence-electron chi connectivity index (χ0n) is 12.7. The molecule has 2 rings (SSSR count). The van der Waals surface area contributed by atoms with E-state index < -0.39 is 17.6 Å². The van der Waals surface area contributed by atoms with Crippen LogP contribution in [0.4, 0.5) is 4.79 Å². The summed E-state index contributed by atoms with van der Waals surface area (Å²) in [6, 6.07) is -1.20. The number of carboxylic acids is 1. The number of nitrogens with zero attached hydrogens (tertiary/aromatic N) is 3. The van der Waals surface area contributed by atoms with Gasteiger partial charge < -0.3 is 14.9 Å². The van der Waals surface area contributed by atoms with Crippen LogP contribution in [-0.4, -0.2) is 80.6 Å². The number of amides is 3. The van der Waals surface area contributed by atoms with Crippen LogP contribution >= 0.6 is 11.8 Å². The molecule has 2 aliphatic heterocycles. The fourth-order valence-electron chi connectivity index (χ4n) is 2.81. The van der Waals surface area contributed by atoms with Gasteiger partial charge in [0.15, 0.2) is 0 Å². The van der Waals surface area contributed by atoms with Crippen molar-refractivity contribution < 1.29 is 19.5 Å². The van der Waals surface area contributed by atoms with E-state index in [2.05, 4.69) is 0 Å². The molecule has 0 bridgehead atoms. The van der Waals surface area contributed by atoms with Crippen molar-refractivity contribution in [3.8, 4) is 0 Å². The normalized spacial score (nSPS) is 29.0. The molecule has 0 aromatic rings. The van der Waals surface area contributed by atoms with Crippen molar-refractivity contribution in [3.05, 3.63) is 0 Å². The van der Waals surface area contributed by atoms with Gasteiger partial charge in [0, 0.05) is 25.9 Å². The van der Waals surface area contributed by atoms with Crippen LogP contribution in [-0.2, 0) is 9.59 Å². The van der Waals surface area contributed by atoms with Crippen LogP contribution < -0.4 is 0 Å². The van der Waals surface area contributed by atoms with E-state index >= 15 is 0 Å². The van der Waals surface area contributed by atoms with Gasteiger partial charge in [0.1, 0.15) is 11.6 Å². The van der Waals surface area contributed by atoms with E-state index in [0.29, 0.717) is 18.8 Å². The number of likely N-dealkylation sites (N-methyl/N-ethyl adjacent to an activating group) is 1. The largest absolute Gasteiger partial charge is 0.480 e. The van der Waals surface area contributed by atoms with Gasteiger partial charge in [-0.05, 0) is 20.8 Å². The number of rotatable bonds is 1. The average molecular weight is 315 g/mol. The van der Waals surface area contributed by atoms with Crippen LogP contribution in [0.1, 0.15) is 20.8 Å². The lowest BCUT2D eigenvalue weighted by Crippen LogP contribution is -2.66. The molecule has 118 valence electrons. The van der Waals surface area contributed by atoms with Crippen molar-refractivity contribution in [1.82, 2.24) is 14.7 Å². The van der Waals surface area contributed by atoms with Gasteiger partial charge in [-0.1, -0.05) is 0 Å². The molecule has 1 N–H and O–H groups in total. The molecule has 2 unspecified atom stereocenters. The highest BCUT2D eigenvalue weighted by molar-refractivity contribution is 8.00. The summed E-state index contributed by atoms with van der Waals surface area (Å²) in [6.45, 7) is 6.09. The third-order valence-electron chi connectivity index (χ3n) is 4.16. The van der Waals surface area contributed by atoms with Gasteiger partial charge in [-0.3, -0.25) is 9.69 Å². The summed E-state index contributed by atoms with van der Waals surface area (Å²) in [7, 11) is 1.71. The first kappa shape index (κ1) is 15.9. The summed E-state index contributed by atoms with van der Waals surface area (Å²) in [5.41, 5.74) is -0.958. The molecule has 3 amide bonds. The minimum absolute atomic E-state index is 0.131. The number of carbonyl (C=O) groups is 3. The Morgan fingerprint density at radius 1 is 1.33 bits per heavy atom. The van der Waals surface area contributed by atoms with Crippen molar-refractivity contribution in [1.29, 1.82) is 0 Å². The monoisotopic (exact) mass is 315 g/mol. The molecule has 0 radical (unpaired) electrons. The van der Waals surface area contributed by atoms with Crippen LogP contribution in [0.3, 0.4) is 0 Å². The quantitative estimate of drug-likeness (QED) is 0.762. The topological polar surface area (TPSA) is 81.2 Å². The number of urea groups is 1. The molecule has 0 aliphatic carbocycles. The number of aliphatic carboxylic acids is 1. The Hall–Kier alpha value is -1.44. The standard InChI is InChI=1S/C13H21N3O4S/c1-8-16(9(7-21-8)10(17)18)12(20)15-6-5-14(4)11(19)13(15,2)3/h8-9H,5-7H2,1-4H3,(H,17,18). The molecular formula is C13H21N3O4S. The number of hydrogen-bond acceptors (Lipinski definition) is 4. The third-order valence-corrected chi connectivity index (χ3v) is 5.38. The molecule has 0 aromatic carbocycles. The van der Waals surface area contributed by atoms with E-state index in [1.807, 2.05) is 6.92 Å². The summed E-state index contributed by atoms with van der Waals surface area (Å²) < 4.78 is 0. The summed E-state index contributed by atoms with van der Waals surface area (Å²) in [4.78, 5) is 40.9. The van der Waals surface area contributed by atoms with Crippen LogP contribution in [0.25, 0.3) is 0 Å². The van der Waals surface area contributed by atoms with Crippen LogP contribution in [0.2, 0.25) is 0 Å². The molecule has 8 heteroatoms. The molecule has 21 heavy (non-hydrogen) atoms. The van der Waals surface area contributed by atoms with E-state index in [1.54, 1.807) is 25.8 Å². The van der Waals surface area contributed by atoms with Crippen LogP contribution in [0.15, 0.2) is 0 Å². The van der Waals surface area contributed by atoms with Gasteiger partial charge in [0.05, 0.1) is 5.37 Å². The average Bonchev–Trinajstić information content (AvgIpc) is 2.77. The fourth-order valence-corrected chi connectivity index (χ4v) is 3.97. The van der Waals surface area contributed by atoms with Crippen molar-refractivity contribution in [3.63, 3.8) is 0 Å². The number of hydrogen-bond donors (Lipinski definition) is 1. The number of carboxylic acid groups (broad SMARTS) is 1. The minimum atomic E-state index is -1.00. The zero-order valence-corrected chi connectivity index (χ0v) is 13.5. The Labute approximate surface area is 128 Å². The van der Waals surface area contributed by atoms with Gasteiger partial charge in [0.25, 0.3) is 0 Å². The molecule has 2 atom stereocenters. The Balaban J connectivity index is 2.26. The first-order valence-corrected chi connectivity index (χ1v) is 7.92. The van der Waals surface area contributed by atoms with Crippen molar-refractivity contribution in [2.75, 3.05) is 25.9 Å².